The van der Waals surface area contributed by atoms with Gasteiger partial charge in [0.1, 0.15) is 12.2 Å². The number of carbonyl (C=O) groups excluding carboxylic acids is 2. The summed E-state index contributed by atoms with van der Waals surface area (Å²) in [5.41, 5.74) is 2.83. The van der Waals surface area contributed by atoms with Gasteiger partial charge in [0.25, 0.3) is 0 Å². The Balaban J connectivity index is 1.51. The molecule has 26 heavy (non-hydrogen) atoms. The number of piperazine rings is 1. The van der Waals surface area contributed by atoms with E-state index in [1.807, 2.05) is 50.2 Å². The Morgan fingerprint density at radius 1 is 1.08 bits per heavy atom. The van der Waals surface area contributed by atoms with Gasteiger partial charge in [-0.25, -0.2) is 4.98 Å². The van der Waals surface area contributed by atoms with Gasteiger partial charge in [-0.2, -0.15) is 0 Å². The molecule has 1 aliphatic heterocycles. The summed E-state index contributed by atoms with van der Waals surface area (Å²) < 4.78 is 0. The summed E-state index contributed by atoms with van der Waals surface area (Å²) in [6.07, 6.45) is 1.64. The summed E-state index contributed by atoms with van der Waals surface area (Å²) in [5, 5.41) is 2.85. The molecule has 0 bridgehead atoms. The number of pyridine rings is 1. The standard InChI is InChI=1S/C20H24N4O2/c1-15-6-7-16(2)17(13-15)22-19(25)14-20(26)24-11-9-23(10-12-24)18-5-3-4-8-21-18/h3-8,13H,9-12,14H2,1-2H3,(H,22,25). The molecule has 1 aliphatic rings. The molecule has 0 atom stereocenters. The van der Waals surface area contributed by atoms with Gasteiger partial charge < -0.3 is 15.1 Å². The number of anilines is 2. The molecule has 0 unspecified atom stereocenters. The Hall–Kier alpha value is -2.89. The van der Waals surface area contributed by atoms with E-state index >= 15 is 0 Å². The third kappa shape index (κ3) is 4.39. The molecule has 6 heteroatoms. The maximum Gasteiger partial charge on any atom is 0.233 e. The average molecular weight is 352 g/mol. The number of hydrogen-bond acceptors (Lipinski definition) is 4. The van der Waals surface area contributed by atoms with E-state index in [4.69, 9.17) is 0 Å². The summed E-state index contributed by atoms with van der Waals surface area (Å²) in [7, 11) is 0. The highest BCUT2D eigenvalue weighted by Gasteiger charge is 2.23. The second-order valence-electron chi connectivity index (χ2n) is 6.60. The Bertz CT molecular complexity index is 784. The number of aromatic nitrogens is 1. The molecule has 136 valence electrons. The SMILES string of the molecule is Cc1ccc(C)c(NC(=O)CC(=O)N2CCN(c3ccccn3)CC2)c1. The maximum absolute atomic E-state index is 12.4. The average Bonchev–Trinajstić information content (AvgIpc) is 2.65. The summed E-state index contributed by atoms with van der Waals surface area (Å²) in [4.78, 5) is 32.9. The largest absolute Gasteiger partial charge is 0.353 e. The second-order valence-corrected chi connectivity index (χ2v) is 6.60. The van der Waals surface area contributed by atoms with E-state index in [9.17, 15) is 9.59 Å². The molecule has 2 heterocycles. The fourth-order valence-electron chi connectivity index (χ4n) is 3.04. The second kappa shape index (κ2) is 7.99. The number of aryl methyl sites for hydroxylation is 2. The van der Waals surface area contributed by atoms with E-state index in [1.54, 1.807) is 11.1 Å². The van der Waals surface area contributed by atoms with Crippen LogP contribution in [0, 0.1) is 13.8 Å². The lowest BCUT2D eigenvalue weighted by Gasteiger charge is -2.35. The number of carbonyl (C=O) groups is 2. The van der Waals surface area contributed by atoms with Crippen molar-refractivity contribution >= 4 is 23.3 Å². The molecule has 1 saturated heterocycles. The lowest BCUT2D eigenvalue weighted by Crippen LogP contribution is -2.49. The number of amides is 2. The van der Waals surface area contributed by atoms with Crippen LogP contribution >= 0.6 is 0 Å². The van der Waals surface area contributed by atoms with Gasteiger partial charge in [-0.1, -0.05) is 18.2 Å². The first-order valence-electron chi connectivity index (χ1n) is 8.84. The first kappa shape index (κ1) is 17.9. The minimum atomic E-state index is -0.268. The molecular weight excluding hydrogens is 328 g/mol. The number of rotatable bonds is 4. The minimum absolute atomic E-state index is 0.128. The first-order valence-corrected chi connectivity index (χ1v) is 8.84. The number of benzene rings is 1. The molecule has 0 spiro atoms. The summed E-state index contributed by atoms with van der Waals surface area (Å²) in [6, 6.07) is 11.7. The Labute approximate surface area is 153 Å². The van der Waals surface area contributed by atoms with Gasteiger partial charge in [0.05, 0.1) is 0 Å². The highest BCUT2D eigenvalue weighted by molar-refractivity contribution is 6.03. The maximum atomic E-state index is 12.4. The van der Waals surface area contributed by atoms with Gasteiger partial charge in [0, 0.05) is 38.1 Å². The summed E-state index contributed by atoms with van der Waals surface area (Å²) >= 11 is 0. The van der Waals surface area contributed by atoms with Crippen LogP contribution in [0.25, 0.3) is 0 Å². The van der Waals surface area contributed by atoms with Gasteiger partial charge in [-0.3, -0.25) is 9.59 Å². The fourth-order valence-corrected chi connectivity index (χ4v) is 3.04. The van der Waals surface area contributed by atoms with Gasteiger partial charge in [-0.15, -0.1) is 0 Å². The third-order valence-electron chi connectivity index (χ3n) is 4.58. The van der Waals surface area contributed by atoms with Crippen molar-refractivity contribution in [3.63, 3.8) is 0 Å². The smallest absolute Gasteiger partial charge is 0.233 e. The number of hydrogen-bond donors (Lipinski definition) is 1. The van der Waals surface area contributed by atoms with Crippen molar-refractivity contribution in [1.82, 2.24) is 9.88 Å². The van der Waals surface area contributed by atoms with Crippen molar-refractivity contribution in [3.8, 4) is 0 Å². The Morgan fingerprint density at radius 2 is 1.85 bits per heavy atom. The molecule has 0 aliphatic carbocycles. The predicted octanol–water partition coefficient (Wildman–Crippen LogP) is 2.38. The van der Waals surface area contributed by atoms with Crippen molar-refractivity contribution in [1.29, 1.82) is 0 Å². The normalized spacial score (nSPS) is 14.2. The first-order chi connectivity index (χ1) is 12.5. The summed E-state index contributed by atoms with van der Waals surface area (Å²) in [6.45, 7) is 6.57. The van der Waals surface area contributed by atoms with E-state index in [-0.39, 0.29) is 18.2 Å². The van der Waals surface area contributed by atoms with Crippen molar-refractivity contribution in [2.45, 2.75) is 20.3 Å². The highest BCUT2D eigenvalue weighted by Crippen LogP contribution is 2.17. The van der Waals surface area contributed by atoms with E-state index in [1.165, 1.54) is 0 Å². The van der Waals surface area contributed by atoms with Crippen molar-refractivity contribution in [2.24, 2.45) is 0 Å². The number of nitrogens with one attached hydrogen (secondary N) is 1. The van der Waals surface area contributed by atoms with Crippen LogP contribution in [0.4, 0.5) is 11.5 Å². The van der Waals surface area contributed by atoms with Crippen LogP contribution in [-0.4, -0.2) is 47.9 Å². The van der Waals surface area contributed by atoms with E-state index < -0.39 is 0 Å². The van der Waals surface area contributed by atoms with Crippen LogP contribution in [0.5, 0.6) is 0 Å². The molecule has 2 aromatic rings. The molecule has 0 radical (unpaired) electrons. The van der Waals surface area contributed by atoms with Gasteiger partial charge in [-0.05, 0) is 43.2 Å². The van der Waals surface area contributed by atoms with Gasteiger partial charge in [0.15, 0.2) is 0 Å². The quantitative estimate of drug-likeness (QED) is 0.858. The van der Waals surface area contributed by atoms with Gasteiger partial charge in [0.2, 0.25) is 11.8 Å². The van der Waals surface area contributed by atoms with Crippen LogP contribution in [0.1, 0.15) is 17.5 Å². The molecule has 6 nitrogen and oxygen atoms in total. The predicted molar refractivity (Wildman–Crippen MR) is 102 cm³/mol. The van der Waals surface area contributed by atoms with Crippen LogP contribution in [0.3, 0.4) is 0 Å². The Morgan fingerprint density at radius 3 is 2.54 bits per heavy atom. The van der Waals surface area contributed by atoms with Crippen LogP contribution < -0.4 is 10.2 Å². The van der Waals surface area contributed by atoms with Crippen LogP contribution in [0.2, 0.25) is 0 Å². The molecule has 0 saturated carbocycles. The van der Waals surface area contributed by atoms with Crippen LogP contribution in [0.15, 0.2) is 42.6 Å². The molecular formula is C20H24N4O2. The highest BCUT2D eigenvalue weighted by atomic mass is 16.2. The molecule has 3 rings (SSSR count). The summed E-state index contributed by atoms with van der Waals surface area (Å²) in [5.74, 6) is 0.525. The van der Waals surface area contributed by atoms with E-state index in [0.29, 0.717) is 13.1 Å². The molecule has 1 fully saturated rings. The van der Waals surface area contributed by atoms with Crippen LogP contribution in [-0.2, 0) is 9.59 Å². The third-order valence-corrected chi connectivity index (χ3v) is 4.58. The van der Waals surface area contributed by atoms with Crippen molar-refractivity contribution < 1.29 is 9.59 Å². The fraction of sp³-hybridized carbons (Fsp3) is 0.350. The molecule has 1 N–H and O–H groups in total. The lowest BCUT2D eigenvalue weighted by atomic mass is 10.1. The van der Waals surface area contributed by atoms with Crippen molar-refractivity contribution in [3.05, 3.63) is 53.7 Å². The monoisotopic (exact) mass is 352 g/mol. The molecule has 1 aromatic carbocycles. The lowest BCUT2D eigenvalue weighted by molar-refractivity contribution is -0.134. The zero-order valence-electron chi connectivity index (χ0n) is 15.2. The Kier molecular flexibility index (Phi) is 5.51. The number of nitrogens with zero attached hydrogens (tertiary/aromatic N) is 3. The molecule has 2 amide bonds. The molecule has 1 aromatic heterocycles. The van der Waals surface area contributed by atoms with Crippen molar-refractivity contribution in [2.75, 3.05) is 36.4 Å². The van der Waals surface area contributed by atoms with E-state index in [0.717, 1.165) is 35.7 Å². The van der Waals surface area contributed by atoms with Gasteiger partial charge >= 0.3 is 0 Å². The minimum Gasteiger partial charge on any atom is -0.353 e. The topological polar surface area (TPSA) is 65.5 Å². The van der Waals surface area contributed by atoms with E-state index in [2.05, 4.69) is 15.2 Å². The zero-order chi connectivity index (χ0) is 18.5. The zero-order valence-corrected chi connectivity index (χ0v) is 15.2.